The van der Waals surface area contributed by atoms with Crippen molar-refractivity contribution in [1.29, 1.82) is 0 Å². The fourth-order valence-corrected chi connectivity index (χ4v) is 2.17. The molecule has 1 aliphatic heterocycles. The molecule has 1 aromatic rings. The molecule has 1 fully saturated rings. The lowest BCUT2D eigenvalue weighted by Crippen LogP contribution is -2.27. The van der Waals surface area contributed by atoms with Crippen LogP contribution in [0.5, 0.6) is 0 Å². The van der Waals surface area contributed by atoms with Gasteiger partial charge in [-0.1, -0.05) is 26.1 Å². The molecule has 16 heavy (non-hydrogen) atoms. The van der Waals surface area contributed by atoms with Crippen LogP contribution in [0.3, 0.4) is 0 Å². The van der Waals surface area contributed by atoms with Crippen LogP contribution in [-0.2, 0) is 0 Å². The first kappa shape index (κ1) is 11.3. The number of nitrogens with zero attached hydrogens (tertiary/aromatic N) is 3. The number of nitrogens with two attached hydrogens (primary N) is 1. The van der Waals surface area contributed by atoms with E-state index >= 15 is 0 Å². The first-order chi connectivity index (χ1) is 7.49. The second kappa shape index (κ2) is 3.97. The van der Waals surface area contributed by atoms with Gasteiger partial charge in [-0.25, -0.2) is 9.97 Å². The Morgan fingerprint density at radius 2 is 2.12 bits per heavy atom. The molecule has 1 aromatic heterocycles. The minimum Gasteiger partial charge on any atom is -0.388 e. The quantitative estimate of drug-likeness (QED) is 0.785. The van der Waals surface area contributed by atoms with E-state index in [1.165, 1.54) is 0 Å². The Bertz CT molecular complexity index is 416. The maximum absolute atomic E-state index is 5.65. The first-order valence-electron chi connectivity index (χ1n) is 5.35. The van der Waals surface area contributed by atoms with E-state index in [0.29, 0.717) is 16.1 Å². The van der Waals surface area contributed by atoms with E-state index in [1.54, 1.807) is 12.4 Å². The summed E-state index contributed by atoms with van der Waals surface area (Å²) in [6.45, 7) is 6.47. The van der Waals surface area contributed by atoms with Crippen LogP contribution >= 0.6 is 12.2 Å². The second-order valence-corrected chi connectivity index (χ2v) is 5.37. The molecule has 2 rings (SSSR count). The second-order valence-electron chi connectivity index (χ2n) is 4.93. The predicted molar refractivity (Wildman–Crippen MR) is 68.5 cm³/mol. The first-order valence-corrected chi connectivity index (χ1v) is 5.76. The Morgan fingerprint density at radius 3 is 2.69 bits per heavy atom. The van der Waals surface area contributed by atoms with Gasteiger partial charge in [0.05, 0.1) is 0 Å². The summed E-state index contributed by atoms with van der Waals surface area (Å²) in [5, 5.41) is 0. The highest BCUT2D eigenvalue weighted by molar-refractivity contribution is 7.80. The van der Waals surface area contributed by atoms with Crippen molar-refractivity contribution in [2.75, 3.05) is 18.0 Å². The summed E-state index contributed by atoms with van der Waals surface area (Å²) in [4.78, 5) is 11.1. The molecule has 5 heteroatoms. The summed E-state index contributed by atoms with van der Waals surface area (Å²) < 4.78 is 0. The molecule has 86 valence electrons. The third-order valence-corrected chi connectivity index (χ3v) is 3.08. The zero-order valence-corrected chi connectivity index (χ0v) is 10.4. The zero-order valence-electron chi connectivity index (χ0n) is 9.60. The van der Waals surface area contributed by atoms with Gasteiger partial charge in [0, 0.05) is 25.5 Å². The molecule has 0 bridgehead atoms. The van der Waals surface area contributed by atoms with Gasteiger partial charge in [-0.3, -0.25) is 0 Å². The lowest BCUT2D eigenvalue weighted by Gasteiger charge is -2.21. The van der Waals surface area contributed by atoms with Gasteiger partial charge in [0.1, 0.15) is 10.7 Å². The van der Waals surface area contributed by atoms with Crippen LogP contribution in [0.25, 0.3) is 0 Å². The van der Waals surface area contributed by atoms with Crippen LogP contribution < -0.4 is 10.6 Å². The molecule has 0 saturated carbocycles. The van der Waals surface area contributed by atoms with Crippen LogP contribution in [-0.4, -0.2) is 28.0 Å². The SMILES string of the molecule is CC1(C)CCN(c2nccnc2C(N)=S)C1. The Labute approximate surface area is 101 Å². The summed E-state index contributed by atoms with van der Waals surface area (Å²) in [6, 6.07) is 0. The third kappa shape index (κ3) is 2.14. The van der Waals surface area contributed by atoms with Crippen molar-refractivity contribution in [3.05, 3.63) is 18.1 Å². The molecule has 2 N–H and O–H groups in total. The molecule has 0 aromatic carbocycles. The third-order valence-electron chi connectivity index (χ3n) is 2.89. The van der Waals surface area contributed by atoms with Crippen LogP contribution in [0.1, 0.15) is 26.0 Å². The predicted octanol–water partition coefficient (Wildman–Crippen LogP) is 1.35. The monoisotopic (exact) mass is 236 g/mol. The number of hydrogen-bond donors (Lipinski definition) is 1. The number of rotatable bonds is 2. The number of aromatic nitrogens is 2. The summed E-state index contributed by atoms with van der Waals surface area (Å²) in [6.07, 6.45) is 4.46. The zero-order chi connectivity index (χ0) is 11.8. The van der Waals surface area contributed by atoms with E-state index in [0.717, 1.165) is 25.3 Å². The van der Waals surface area contributed by atoms with Crippen molar-refractivity contribution >= 4 is 23.0 Å². The van der Waals surface area contributed by atoms with Crippen molar-refractivity contribution in [2.24, 2.45) is 11.1 Å². The molecule has 0 radical (unpaired) electrons. The van der Waals surface area contributed by atoms with Gasteiger partial charge in [-0.05, 0) is 11.8 Å². The number of thiocarbonyl (C=S) groups is 1. The molecule has 0 unspecified atom stereocenters. The molecular weight excluding hydrogens is 220 g/mol. The Hall–Kier alpha value is -1.23. The van der Waals surface area contributed by atoms with E-state index in [1.807, 2.05) is 0 Å². The molecule has 0 spiro atoms. The van der Waals surface area contributed by atoms with E-state index in [4.69, 9.17) is 18.0 Å². The van der Waals surface area contributed by atoms with Crippen molar-refractivity contribution < 1.29 is 0 Å². The van der Waals surface area contributed by atoms with E-state index in [9.17, 15) is 0 Å². The Balaban J connectivity index is 2.31. The van der Waals surface area contributed by atoms with E-state index in [-0.39, 0.29) is 0 Å². The van der Waals surface area contributed by atoms with Crippen LogP contribution in [0.15, 0.2) is 12.4 Å². The molecule has 0 atom stereocenters. The van der Waals surface area contributed by atoms with Gasteiger partial charge in [-0.15, -0.1) is 0 Å². The standard InChI is InChI=1S/C11H16N4S/c1-11(2)3-6-15(7-11)10-8(9(12)16)13-4-5-14-10/h4-5H,3,6-7H2,1-2H3,(H2,12,16). The summed E-state index contributed by atoms with van der Waals surface area (Å²) >= 11 is 4.99. The average Bonchev–Trinajstić information content (AvgIpc) is 2.59. The lowest BCUT2D eigenvalue weighted by atomic mass is 9.93. The Morgan fingerprint density at radius 1 is 1.44 bits per heavy atom. The highest BCUT2D eigenvalue weighted by Gasteiger charge is 2.31. The van der Waals surface area contributed by atoms with Gasteiger partial charge in [-0.2, -0.15) is 0 Å². The van der Waals surface area contributed by atoms with Crippen LogP contribution in [0, 0.1) is 5.41 Å². The molecule has 4 nitrogen and oxygen atoms in total. The normalized spacial score (nSPS) is 18.8. The fraction of sp³-hybridized carbons (Fsp3) is 0.545. The van der Waals surface area contributed by atoms with Crippen molar-refractivity contribution in [2.45, 2.75) is 20.3 Å². The topological polar surface area (TPSA) is 55.0 Å². The molecular formula is C11H16N4S. The highest BCUT2D eigenvalue weighted by Crippen LogP contribution is 2.32. The summed E-state index contributed by atoms with van der Waals surface area (Å²) in [5.41, 5.74) is 6.61. The van der Waals surface area contributed by atoms with Gasteiger partial charge >= 0.3 is 0 Å². The summed E-state index contributed by atoms with van der Waals surface area (Å²) in [7, 11) is 0. The van der Waals surface area contributed by atoms with Crippen molar-refractivity contribution in [3.8, 4) is 0 Å². The molecule has 0 amide bonds. The largest absolute Gasteiger partial charge is 0.388 e. The van der Waals surface area contributed by atoms with Crippen molar-refractivity contribution in [1.82, 2.24) is 9.97 Å². The van der Waals surface area contributed by atoms with Gasteiger partial charge in [0.15, 0.2) is 5.82 Å². The summed E-state index contributed by atoms with van der Waals surface area (Å²) in [5.74, 6) is 0.820. The van der Waals surface area contributed by atoms with Crippen LogP contribution in [0.4, 0.5) is 5.82 Å². The van der Waals surface area contributed by atoms with Gasteiger partial charge in [0.2, 0.25) is 0 Å². The van der Waals surface area contributed by atoms with Gasteiger partial charge < -0.3 is 10.6 Å². The molecule has 1 aliphatic rings. The van der Waals surface area contributed by atoms with Crippen molar-refractivity contribution in [3.63, 3.8) is 0 Å². The highest BCUT2D eigenvalue weighted by atomic mass is 32.1. The number of hydrogen-bond acceptors (Lipinski definition) is 4. The van der Waals surface area contributed by atoms with E-state index in [2.05, 4.69) is 28.7 Å². The molecule has 0 aliphatic carbocycles. The number of anilines is 1. The maximum Gasteiger partial charge on any atom is 0.157 e. The minimum absolute atomic E-state index is 0.313. The van der Waals surface area contributed by atoms with Gasteiger partial charge in [0.25, 0.3) is 0 Å². The smallest absolute Gasteiger partial charge is 0.157 e. The molecule has 1 saturated heterocycles. The molecule has 2 heterocycles. The fourth-order valence-electron chi connectivity index (χ4n) is 2.03. The maximum atomic E-state index is 5.65. The minimum atomic E-state index is 0.313. The average molecular weight is 236 g/mol. The van der Waals surface area contributed by atoms with E-state index < -0.39 is 0 Å². The van der Waals surface area contributed by atoms with Crippen LogP contribution in [0.2, 0.25) is 0 Å². The lowest BCUT2D eigenvalue weighted by molar-refractivity contribution is 0.418. The Kier molecular flexibility index (Phi) is 2.80.